The van der Waals surface area contributed by atoms with Crippen molar-refractivity contribution in [3.8, 4) is 11.8 Å². The summed E-state index contributed by atoms with van der Waals surface area (Å²) in [5.41, 5.74) is 2.70. The van der Waals surface area contributed by atoms with E-state index in [2.05, 4.69) is 0 Å². The molecule has 0 N–H and O–H groups in total. The number of carbonyl (C=O) groups excluding carboxylic acids is 1. The van der Waals surface area contributed by atoms with Gasteiger partial charge in [-0.05, 0) is 60.9 Å². The number of hydrogen-bond donors (Lipinski definition) is 0. The Labute approximate surface area is 156 Å². The molecule has 128 valence electrons. The highest BCUT2D eigenvalue weighted by molar-refractivity contribution is 6.42. The molecule has 1 heterocycles. The normalized spacial score (nSPS) is 16.1. The Morgan fingerprint density at radius 2 is 1.96 bits per heavy atom. The van der Waals surface area contributed by atoms with Crippen molar-refractivity contribution in [2.24, 2.45) is 0 Å². The summed E-state index contributed by atoms with van der Waals surface area (Å²) in [6.07, 6.45) is 0.735. The van der Waals surface area contributed by atoms with Crippen molar-refractivity contribution in [1.29, 1.82) is 5.26 Å². The lowest BCUT2D eigenvalue weighted by Gasteiger charge is -2.35. The smallest absolute Gasteiger partial charge is 0.261 e. The molecule has 0 radical (unpaired) electrons. The standard InChI is InChI=1S/C19H16Cl2N2O2/c1-12-16-9-18(21)17(20)8-14(16)6-7-23(12)19(24)11-25-15-4-2-13(10-22)3-5-15/h2-5,8-9,12H,6-7,11H2,1H3/t12-/m0/s1. The zero-order valence-electron chi connectivity index (χ0n) is 13.6. The van der Waals surface area contributed by atoms with Gasteiger partial charge in [0.2, 0.25) is 0 Å². The van der Waals surface area contributed by atoms with Crippen molar-refractivity contribution in [2.45, 2.75) is 19.4 Å². The molecule has 0 spiro atoms. The van der Waals surface area contributed by atoms with Gasteiger partial charge in [-0.2, -0.15) is 5.26 Å². The lowest BCUT2D eigenvalue weighted by molar-refractivity contribution is -0.135. The summed E-state index contributed by atoms with van der Waals surface area (Å²) < 4.78 is 5.55. The largest absolute Gasteiger partial charge is 0.484 e. The Bertz CT molecular complexity index is 844. The fourth-order valence-electron chi connectivity index (χ4n) is 3.01. The molecular formula is C19H16Cl2N2O2. The third-order valence-electron chi connectivity index (χ3n) is 4.39. The van der Waals surface area contributed by atoms with Crippen molar-refractivity contribution < 1.29 is 9.53 Å². The zero-order valence-corrected chi connectivity index (χ0v) is 15.1. The first-order valence-corrected chi connectivity index (χ1v) is 8.65. The molecule has 0 unspecified atom stereocenters. The molecule has 0 aromatic heterocycles. The predicted molar refractivity (Wildman–Crippen MR) is 96.9 cm³/mol. The fourth-order valence-corrected chi connectivity index (χ4v) is 3.36. The maximum absolute atomic E-state index is 12.6. The first-order chi connectivity index (χ1) is 12.0. The van der Waals surface area contributed by atoms with Gasteiger partial charge in [-0.25, -0.2) is 0 Å². The van der Waals surface area contributed by atoms with Crippen LogP contribution in [-0.2, 0) is 11.2 Å². The lowest BCUT2D eigenvalue weighted by Crippen LogP contribution is -2.41. The minimum atomic E-state index is -0.0893. The molecule has 1 aliphatic heterocycles. The molecule has 1 atom stereocenters. The van der Waals surface area contributed by atoms with Crippen LogP contribution < -0.4 is 4.74 Å². The molecule has 3 rings (SSSR count). The SMILES string of the molecule is C[C@H]1c2cc(Cl)c(Cl)cc2CCN1C(=O)COc1ccc(C#N)cc1. The highest BCUT2D eigenvalue weighted by Crippen LogP contribution is 2.35. The van der Waals surface area contributed by atoms with Crippen molar-refractivity contribution in [3.05, 3.63) is 63.1 Å². The lowest BCUT2D eigenvalue weighted by atomic mass is 9.93. The first-order valence-electron chi connectivity index (χ1n) is 7.90. The summed E-state index contributed by atoms with van der Waals surface area (Å²) in [4.78, 5) is 14.3. The van der Waals surface area contributed by atoms with Crippen LogP contribution >= 0.6 is 23.2 Å². The molecule has 0 aliphatic carbocycles. The van der Waals surface area contributed by atoms with Crippen molar-refractivity contribution >= 4 is 29.1 Å². The van der Waals surface area contributed by atoms with Gasteiger partial charge in [0, 0.05) is 6.54 Å². The third kappa shape index (κ3) is 3.73. The molecule has 25 heavy (non-hydrogen) atoms. The molecule has 6 heteroatoms. The van der Waals surface area contributed by atoms with Gasteiger partial charge in [-0.1, -0.05) is 23.2 Å². The number of fused-ring (bicyclic) bond motifs is 1. The summed E-state index contributed by atoms with van der Waals surface area (Å²) in [6.45, 7) is 2.54. The second-order valence-electron chi connectivity index (χ2n) is 5.90. The van der Waals surface area contributed by atoms with Crippen molar-refractivity contribution in [1.82, 2.24) is 4.90 Å². The number of nitrogens with zero attached hydrogens (tertiary/aromatic N) is 2. The second-order valence-corrected chi connectivity index (χ2v) is 6.72. The fraction of sp³-hybridized carbons (Fsp3) is 0.263. The summed E-state index contributed by atoms with van der Waals surface area (Å²) >= 11 is 12.2. The van der Waals surface area contributed by atoms with Crippen LogP contribution in [-0.4, -0.2) is 24.0 Å². The highest BCUT2D eigenvalue weighted by Gasteiger charge is 2.28. The van der Waals surface area contributed by atoms with Gasteiger partial charge in [0.15, 0.2) is 6.61 Å². The topological polar surface area (TPSA) is 53.3 Å². The van der Waals surface area contributed by atoms with Crippen molar-refractivity contribution in [3.63, 3.8) is 0 Å². The average Bonchev–Trinajstić information content (AvgIpc) is 2.62. The van der Waals surface area contributed by atoms with Gasteiger partial charge >= 0.3 is 0 Å². The number of carbonyl (C=O) groups is 1. The van der Waals surface area contributed by atoms with Crippen molar-refractivity contribution in [2.75, 3.05) is 13.2 Å². The van der Waals surface area contributed by atoms with Gasteiger partial charge in [0.05, 0.1) is 27.7 Å². The van der Waals surface area contributed by atoms with E-state index in [0.29, 0.717) is 27.9 Å². The molecular weight excluding hydrogens is 359 g/mol. The van der Waals surface area contributed by atoms with Crippen LogP contribution in [0.3, 0.4) is 0 Å². The van der Waals surface area contributed by atoms with Gasteiger partial charge in [0.1, 0.15) is 5.75 Å². The van der Waals surface area contributed by atoms with E-state index < -0.39 is 0 Å². The Morgan fingerprint density at radius 3 is 2.64 bits per heavy atom. The van der Waals surface area contributed by atoms with Crippen LogP contribution in [0.5, 0.6) is 5.75 Å². The molecule has 1 aliphatic rings. The number of hydrogen-bond acceptors (Lipinski definition) is 3. The molecule has 4 nitrogen and oxygen atoms in total. The van der Waals surface area contributed by atoms with E-state index in [0.717, 1.165) is 17.5 Å². The maximum Gasteiger partial charge on any atom is 0.261 e. The average molecular weight is 375 g/mol. The molecule has 0 fully saturated rings. The molecule has 2 aromatic carbocycles. The Kier molecular flexibility index (Phi) is 5.17. The number of rotatable bonds is 3. The number of halogens is 2. The van der Waals surface area contributed by atoms with E-state index >= 15 is 0 Å². The van der Waals surface area contributed by atoms with Gasteiger partial charge < -0.3 is 9.64 Å². The van der Waals surface area contributed by atoms with Crippen LogP contribution in [0.2, 0.25) is 10.0 Å². The number of benzene rings is 2. The first kappa shape index (κ1) is 17.6. The van der Waals surface area contributed by atoms with Crippen LogP contribution in [0.1, 0.15) is 29.7 Å². The van der Waals surface area contributed by atoms with E-state index in [4.69, 9.17) is 33.2 Å². The summed E-state index contributed by atoms with van der Waals surface area (Å²) in [7, 11) is 0. The van der Waals surface area contributed by atoms with Crippen LogP contribution in [0.25, 0.3) is 0 Å². The number of nitriles is 1. The number of amides is 1. The van der Waals surface area contributed by atoms with E-state index in [1.54, 1.807) is 29.2 Å². The van der Waals surface area contributed by atoms with E-state index in [1.165, 1.54) is 0 Å². The third-order valence-corrected chi connectivity index (χ3v) is 5.11. The van der Waals surface area contributed by atoms with Gasteiger partial charge in [0.25, 0.3) is 5.91 Å². The highest BCUT2D eigenvalue weighted by atomic mass is 35.5. The second kappa shape index (κ2) is 7.35. The molecule has 0 saturated heterocycles. The van der Waals surface area contributed by atoms with Gasteiger partial charge in [-0.15, -0.1) is 0 Å². The zero-order chi connectivity index (χ0) is 18.0. The monoisotopic (exact) mass is 374 g/mol. The molecule has 0 bridgehead atoms. The van der Waals surface area contributed by atoms with Crippen LogP contribution in [0.4, 0.5) is 0 Å². The van der Waals surface area contributed by atoms with E-state index in [9.17, 15) is 4.79 Å². The Hall–Kier alpha value is -2.22. The quantitative estimate of drug-likeness (QED) is 0.800. The minimum absolute atomic E-state index is 0.0487. The van der Waals surface area contributed by atoms with Gasteiger partial charge in [-0.3, -0.25) is 4.79 Å². The summed E-state index contributed by atoms with van der Waals surface area (Å²) in [5.74, 6) is 0.473. The molecule has 1 amide bonds. The predicted octanol–water partition coefficient (Wildman–Crippen LogP) is 4.39. The molecule has 0 saturated carbocycles. The Balaban J connectivity index is 1.68. The van der Waals surface area contributed by atoms with Crippen LogP contribution in [0, 0.1) is 11.3 Å². The Morgan fingerprint density at radius 1 is 1.28 bits per heavy atom. The van der Waals surface area contributed by atoms with E-state index in [1.807, 2.05) is 25.1 Å². The number of ether oxygens (including phenoxy) is 1. The maximum atomic E-state index is 12.6. The van der Waals surface area contributed by atoms with E-state index in [-0.39, 0.29) is 18.6 Å². The summed E-state index contributed by atoms with van der Waals surface area (Å²) in [5, 5.41) is 9.83. The molecule has 2 aromatic rings. The summed E-state index contributed by atoms with van der Waals surface area (Å²) in [6, 6.07) is 12.4. The minimum Gasteiger partial charge on any atom is -0.484 e. The van der Waals surface area contributed by atoms with Crippen LogP contribution in [0.15, 0.2) is 36.4 Å².